The molecule has 8 heteroatoms. The van der Waals surface area contributed by atoms with Crippen LogP contribution in [0.2, 0.25) is 0 Å². The predicted molar refractivity (Wildman–Crippen MR) is 75.8 cm³/mol. The van der Waals surface area contributed by atoms with E-state index in [-0.39, 0.29) is 10.9 Å². The lowest BCUT2D eigenvalue weighted by molar-refractivity contribution is 0.389. The fourth-order valence-electron chi connectivity index (χ4n) is 2.76. The molecule has 0 unspecified atom stereocenters. The van der Waals surface area contributed by atoms with E-state index in [1.165, 1.54) is 8.99 Å². The Labute approximate surface area is 123 Å². The molecule has 0 aromatic carbocycles. The van der Waals surface area contributed by atoms with Crippen molar-refractivity contribution in [1.29, 1.82) is 0 Å². The average Bonchev–Trinajstić information content (AvgIpc) is 3.07. The van der Waals surface area contributed by atoms with Gasteiger partial charge in [0.15, 0.2) is 0 Å². The fourth-order valence-corrected chi connectivity index (χ4v) is 4.63. The van der Waals surface area contributed by atoms with E-state index in [2.05, 4.69) is 15.1 Å². The van der Waals surface area contributed by atoms with E-state index in [4.69, 9.17) is 0 Å². The Balaban J connectivity index is 2.00. The number of nitrogens with zero attached hydrogens (tertiary/aromatic N) is 5. The molecule has 1 atom stereocenters. The normalized spacial score (nSPS) is 20.0. The lowest BCUT2D eigenvalue weighted by atomic mass is 10.2. The van der Waals surface area contributed by atoms with E-state index in [0.29, 0.717) is 17.9 Å². The Morgan fingerprint density at radius 2 is 2.14 bits per heavy atom. The summed E-state index contributed by atoms with van der Waals surface area (Å²) in [5.41, 5.74) is 1.21. The molecule has 7 nitrogen and oxygen atoms in total. The molecule has 21 heavy (non-hydrogen) atoms. The van der Waals surface area contributed by atoms with Crippen molar-refractivity contribution in [2.75, 3.05) is 6.54 Å². The van der Waals surface area contributed by atoms with Crippen LogP contribution in [0.15, 0.2) is 29.7 Å². The third kappa shape index (κ3) is 2.44. The molecular weight excluding hydrogens is 290 g/mol. The first kappa shape index (κ1) is 14.2. The first-order chi connectivity index (χ1) is 10.00. The second-order valence-electron chi connectivity index (χ2n) is 5.16. The van der Waals surface area contributed by atoms with Crippen LogP contribution in [0, 0.1) is 6.92 Å². The van der Waals surface area contributed by atoms with E-state index in [1.54, 1.807) is 38.8 Å². The van der Waals surface area contributed by atoms with Gasteiger partial charge in [0.1, 0.15) is 4.90 Å². The summed E-state index contributed by atoms with van der Waals surface area (Å²) in [4.78, 5) is 8.56. The molecule has 1 aliphatic rings. The third-order valence-electron chi connectivity index (χ3n) is 3.68. The van der Waals surface area contributed by atoms with Gasteiger partial charge in [0, 0.05) is 32.2 Å². The fraction of sp³-hybridized carbons (Fsp3) is 0.462. The standard InChI is InChI=1S/C13H17N5O2S/c1-10-13(9-17(2)16-10)21(19,20)18-7-3-4-12(18)11-8-14-5-6-15-11/h5-6,8-9,12H,3-4,7H2,1-2H3/t12-/m1/s1. The summed E-state index contributed by atoms with van der Waals surface area (Å²) in [6.07, 6.45) is 7.94. The SMILES string of the molecule is Cc1nn(C)cc1S(=O)(=O)N1CCC[C@@H]1c1cnccn1. The van der Waals surface area contributed by atoms with Gasteiger partial charge in [-0.1, -0.05) is 0 Å². The van der Waals surface area contributed by atoms with Crippen LogP contribution < -0.4 is 0 Å². The predicted octanol–water partition coefficient (Wildman–Crippen LogP) is 1.04. The Kier molecular flexibility index (Phi) is 3.50. The van der Waals surface area contributed by atoms with Crippen LogP contribution in [0.5, 0.6) is 0 Å². The zero-order valence-electron chi connectivity index (χ0n) is 12.0. The summed E-state index contributed by atoms with van der Waals surface area (Å²) < 4.78 is 28.8. The van der Waals surface area contributed by atoms with Crippen LogP contribution in [-0.2, 0) is 17.1 Å². The van der Waals surface area contributed by atoms with Crippen molar-refractivity contribution < 1.29 is 8.42 Å². The van der Waals surface area contributed by atoms with Crippen LogP contribution in [0.4, 0.5) is 0 Å². The summed E-state index contributed by atoms with van der Waals surface area (Å²) in [7, 11) is -1.85. The number of hydrogen-bond donors (Lipinski definition) is 0. The molecule has 0 spiro atoms. The van der Waals surface area contributed by atoms with Crippen LogP contribution in [0.3, 0.4) is 0 Å². The van der Waals surface area contributed by atoms with Gasteiger partial charge in [-0.25, -0.2) is 8.42 Å². The maximum absolute atomic E-state index is 12.9. The monoisotopic (exact) mass is 307 g/mol. The van der Waals surface area contributed by atoms with Crippen LogP contribution in [-0.4, -0.2) is 39.0 Å². The Morgan fingerprint density at radius 3 is 2.76 bits per heavy atom. The lowest BCUT2D eigenvalue weighted by Gasteiger charge is -2.23. The van der Waals surface area contributed by atoms with Crippen molar-refractivity contribution in [3.63, 3.8) is 0 Å². The largest absolute Gasteiger partial charge is 0.274 e. The van der Waals surface area contributed by atoms with Crippen molar-refractivity contribution >= 4 is 10.0 Å². The highest BCUT2D eigenvalue weighted by Gasteiger charge is 2.38. The Morgan fingerprint density at radius 1 is 1.33 bits per heavy atom. The molecule has 0 aliphatic carbocycles. The average molecular weight is 307 g/mol. The van der Waals surface area contributed by atoms with Gasteiger partial charge in [-0.2, -0.15) is 9.40 Å². The molecule has 1 saturated heterocycles. The quantitative estimate of drug-likeness (QED) is 0.846. The molecule has 0 bridgehead atoms. The first-order valence-electron chi connectivity index (χ1n) is 6.78. The molecule has 2 aromatic heterocycles. The third-order valence-corrected chi connectivity index (χ3v) is 5.69. The zero-order valence-corrected chi connectivity index (χ0v) is 12.8. The zero-order chi connectivity index (χ0) is 15.0. The number of sulfonamides is 1. The van der Waals surface area contributed by atoms with Gasteiger partial charge < -0.3 is 0 Å². The molecule has 0 saturated carbocycles. The second kappa shape index (κ2) is 5.19. The highest BCUT2D eigenvalue weighted by molar-refractivity contribution is 7.89. The molecule has 3 rings (SSSR count). The number of hydrogen-bond acceptors (Lipinski definition) is 5. The van der Waals surface area contributed by atoms with Gasteiger partial charge in [-0.15, -0.1) is 0 Å². The minimum Gasteiger partial charge on any atom is -0.274 e. The van der Waals surface area contributed by atoms with Crippen molar-refractivity contribution in [2.24, 2.45) is 7.05 Å². The van der Waals surface area contributed by atoms with E-state index in [1.807, 2.05) is 0 Å². The van der Waals surface area contributed by atoms with E-state index in [9.17, 15) is 8.42 Å². The molecular formula is C13H17N5O2S. The van der Waals surface area contributed by atoms with Crippen LogP contribution >= 0.6 is 0 Å². The summed E-state index contributed by atoms with van der Waals surface area (Å²) in [5.74, 6) is 0. The number of aryl methyl sites for hydroxylation is 2. The number of rotatable bonds is 3. The summed E-state index contributed by atoms with van der Waals surface area (Å²) in [6.45, 7) is 2.21. The van der Waals surface area contributed by atoms with Crippen LogP contribution in [0.25, 0.3) is 0 Å². The molecule has 112 valence electrons. The highest BCUT2D eigenvalue weighted by atomic mass is 32.2. The van der Waals surface area contributed by atoms with Crippen molar-refractivity contribution in [3.8, 4) is 0 Å². The summed E-state index contributed by atoms with van der Waals surface area (Å²) in [6, 6.07) is -0.247. The van der Waals surface area contributed by atoms with Gasteiger partial charge in [0.2, 0.25) is 10.0 Å². The minimum absolute atomic E-state index is 0.247. The van der Waals surface area contributed by atoms with Crippen molar-refractivity contribution in [3.05, 3.63) is 36.2 Å². The van der Waals surface area contributed by atoms with E-state index in [0.717, 1.165) is 12.8 Å². The van der Waals surface area contributed by atoms with Gasteiger partial charge in [-0.05, 0) is 19.8 Å². The van der Waals surface area contributed by atoms with Gasteiger partial charge in [0.05, 0.1) is 23.6 Å². The molecule has 0 amide bonds. The maximum atomic E-state index is 12.9. The van der Waals surface area contributed by atoms with Gasteiger partial charge >= 0.3 is 0 Å². The molecule has 2 aromatic rings. The van der Waals surface area contributed by atoms with E-state index >= 15 is 0 Å². The first-order valence-corrected chi connectivity index (χ1v) is 8.22. The molecule has 1 fully saturated rings. The molecule has 3 heterocycles. The lowest BCUT2D eigenvalue weighted by Crippen LogP contribution is -2.31. The van der Waals surface area contributed by atoms with Crippen molar-refractivity contribution in [1.82, 2.24) is 24.1 Å². The minimum atomic E-state index is -3.56. The summed E-state index contributed by atoms with van der Waals surface area (Å²) in [5, 5.41) is 4.13. The molecule has 0 N–H and O–H groups in total. The number of aromatic nitrogens is 4. The van der Waals surface area contributed by atoms with Crippen LogP contribution in [0.1, 0.15) is 30.3 Å². The Bertz CT molecular complexity index is 741. The van der Waals surface area contributed by atoms with E-state index < -0.39 is 10.0 Å². The van der Waals surface area contributed by atoms with Gasteiger partial charge in [0.25, 0.3) is 0 Å². The molecule has 0 radical (unpaired) electrons. The van der Waals surface area contributed by atoms with Gasteiger partial charge in [-0.3, -0.25) is 14.6 Å². The van der Waals surface area contributed by atoms with Crippen molar-refractivity contribution in [2.45, 2.75) is 30.7 Å². The molecule has 1 aliphatic heterocycles. The summed E-state index contributed by atoms with van der Waals surface area (Å²) >= 11 is 0. The highest BCUT2D eigenvalue weighted by Crippen LogP contribution is 2.35. The maximum Gasteiger partial charge on any atom is 0.247 e. The Hall–Kier alpha value is -1.80. The topological polar surface area (TPSA) is 81.0 Å². The smallest absolute Gasteiger partial charge is 0.247 e. The second-order valence-corrected chi connectivity index (χ2v) is 7.02.